The molecule has 0 radical (unpaired) electrons. The number of rotatable bonds is 6. The third kappa shape index (κ3) is 3.34. The fourth-order valence-electron chi connectivity index (χ4n) is 3.86. The van der Waals surface area contributed by atoms with Gasteiger partial charge in [-0.15, -0.1) is 0 Å². The molecule has 1 aliphatic heterocycles. The van der Waals surface area contributed by atoms with Crippen molar-refractivity contribution in [2.24, 2.45) is 5.92 Å². The van der Waals surface area contributed by atoms with E-state index in [1.165, 1.54) is 12.8 Å². The largest absolute Gasteiger partial charge is 0.380 e. The first-order valence-corrected chi connectivity index (χ1v) is 8.81. The van der Waals surface area contributed by atoms with Gasteiger partial charge in [-0.25, -0.2) is 0 Å². The van der Waals surface area contributed by atoms with Gasteiger partial charge in [-0.1, -0.05) is 67.6 Å². The van der Waals surface area contributed by atoms with Gasteiger partial charge in [0, 0.05) is 12.5 Å². The Labute approximate surface area is 139 Å². The minimum Gasteiger partial charge on any atom is -0.380 e. The topological polar surface area (TPSA) is 23.5 Å². The molecule has 2 heteroatoms. The minimum atomic E-state index is -0.931. The second kappa shape index (κ2) is 7.29. The monoisotopic (exact) mass is 309 g/mol. The first kappa shape index (κ1) is 16.2. The lowest BCUT2D eigenvalue weighted by atomic mass is 9.74. The number of aliphatic hydroxyl groups is 1. The van der Waals surface area contributed by atoms with E-state index in [-0.39, 0.29) is 5.92 Å². The maximum absolute atomic E-state index is 11.8. The van der Waals surface area contributed by atoms with E-state index in [2.05, 4.69) is 36.1 Å². The van der Waals surface area contributed by atoms with Crippen molar-refractivity contribution in [3.05, 3.63) is 71.8 Å². The second-order valence-electron chi connectivity index (χ2n) is 6.61. The fourth-order valence-corrected chi connectivity index (χ4v) is 3.86. The summed E-state index contributed by atoms with van der Waals surface area (Å²) in [7, 11) is 0. The number of hydrogen-bond donors (Lipinski definition) is 1. The van der Waals surface area contributed by atoms with Crippen LogP contribution in [0.3, 0.4) is 0 Å². The highest BCUT2D eigenvalue weighted by molar-refractivity contribution is 5.37. The van der Waals surface area contributed by atoms with Crippen molar-refractivity contribution in [2.75, 3.05) is 19.6 Å². The van der Waals surface area contributed by atoms with E-state index in [1.807, 2.05) is 36.4 Å². The SMILES string of the molecule is CCC(CN1CCCC1)C(O)(c1ccccc1)c1ccccc1. The van der Waals surface area contributed by atoms with Crippen molar-refractivity contribution < 1.29 is 5.11 Å². The van der Waals surface area contributed by atoms with Gasteiger partial charge in [0.15, 0.2) is 0 Å². The summed E-state index contributed by atoms with van der Waals surface area (Å²) < 4.78 is 0. The van der Waals surface area contributed by atoms with Crippen molar-refractivity contribution in [3.8, 4) is 0 Å². The van der Waals surface area contributed by atoms with Crippen LogP contribution in [-0.4, -0.2) is 29.6 Å². The molecular formula is C21H27NO. The van der Waals surface area contributed by atoms with Crippen LogP contribution in [0.15, 0.2) is 60.7 Å². The summed E-state index contributed by atoms with van der Waals surface area (Å²) in [5.74, 6) is 0.186. The third-order valence-corrected chi connectivity index (χ3v) is 5.19. The average Bonchev–Trinajstić information content (AvgIpc) is 3.14. The van der Waals surface area contributed by atoms with Crippen molar-refractivity contribution >= 4 is 0 Å². The maximum atomic E-state index is 11.8. The normalized spacial score (nSPS) is 17.3. The predicted molar refractivity (Wildman–Crippen MR) is 95.3 cm³/mol. The molecule has 1 unspecified atom stereocenters. The van der Waals surface area contributed by atoms with Gasteiger partial charge in [-0.2, -0.15) is 0 Å². The molecule has 2 nitrogen and oxygen atoms in total. The molecule has 0 spiro atoms. The van der Waals surface area contributed by atoms with Crippen LogP contribution in [0.1, 0.15) is 37.3 Å². The molecule has 0 saturated carbocycles. The standard InChI is InChI=1S/C21H27NO/c1-2-18(17-22-15-9-10-16-22)21(23,19-11-5-3-6-12-19)20-13-7-4-8-14-20/h3-8,11-14,18,23H,2,9-10,15-17H2,1H3. The van der Waals surface area contributed by atoms with Gasteiger partial charge in [0.05, 0.1) is 0 Å². The molecule has 122 valence electrons. The first-order chi connectivity index (χ1) is 11.2. The van der Waals surface area contributed by atoms with Gasteiger partial charge in [-0.05, 0) is 43.5 Å². The Morgan fingerprint density at radius 2 is 1.39 bits per heavy atom. The Bertz CT molecular complexity index is 550. The minimum absolute atomic E-state index is 0.186. The van der Waals surface area contributed by atoms with Gasteiger partial charge >= 0.3 is 0 Å². The molecule has 0 aromatic heterocycles. The lowest BCUT2D eigenvalue weighted by Crippen LogP contribution is -2.42. The number of nitrogens with zero attached hydrogens (tertiary/aromatic N) is 1. The zero-order valence-electron chi connectivity index (χ0n) is 14.0. The lowest BCUT2D eigenvalue weighted by molar-refractivity contribution is 0.000284. The molecule has 2 aromatic rings. The van der Waals surface area contributed by atoms with Crippen LogP contribution < -0.4 is 0 Å². The summed E-state index contributed by atoms with van der Waals surface area (Å²) in [6.45, 7) is 5.47. The van der Waals surface area contributed by atoms with E-state index in [9.17, 15) is 5.11 Å². The molecular weight excluding hydrogens is 282 g/mol. The van der Waals surface area contributed by atoms with Crippen LogP contribution in [0.5, 0.6) is 0 Å². The number of hydrogen-bond acceptors (Lipinski definition) is 2. The van der Waals surface area contributed by atoms with Crippen LogP contribution in [0.25, 0.3) is 0 Å². The zero-order chi connectivity index (χ0) is 16.1. The van der Waals surface area contributed by atoms with E-state index in [4.69, 9.17) is 0 Å². The Kier molecular flexibility index (Phi) is 5.14. The molecule has 1 saturated heterocycles. The molecule has 1 N–H and O–H groups in total. The van der Waals surface area contributed by atoms with Crippen LogP contribution in [0, 0.1) is 5.92 Å². The van der Waals surface area contributed by atoms with Gasteiger partial charge in [0.2, 0.25) is 0 Å². The van der Waals surface area contributed by atoms with Crippen LogP contribution in [0.2, 0.25) is 0 Å². The predicted octanol–water partition coefficient (Wildman–Crippen LogP) is 4.04. The molecule has 0 bridgehead atoms. The van der Waals surface area contributed by atoms with Gasteiger partial charge in [0.25, 0.3) is 0 Å². The lowest BCUT2D eigenvalue weighted by Gasteiger charge is -2.39. The summed E-state index contributed by atoms with van der Waals surface area (Å²) in [6, 6.07) is 20.3. The highest BCUT2D eigenvalue weighted by Gasteiger charge is 2.40. The van der Waals surface area contributed by atoms with E-state index < -0.39 is 5.60 Å². The Hall–Kier alpha value is -1.64. The third-order valence-electron chi connectivity index (χ3n) is 5.19. The van der Waals surface area contributed by atoms with Gasteiger partial charge in [-0.3, -0.25) is 0 Å². The van der Waals surface area contributed by atoms with E-state index in [0.29, 0.717) is 0 Å². The molecule has 2 aromatic carbocycles. The van der Waals surface area contributed by atoms with Crippen LogP contribution >= 0.6 is 0 Å². The van der Waals surface area contributed by atoms with Crippen molar-refractivity contribution in [2.45, 2.75) is 31.8 Å². The molecule has 3 rings (SSSR count). The number of likely N-dealkylation sites (tertiary alicyclic amines) is 1. The Morgan fingerprint density at radius 3 is 1.83 bits per heavy atom. The summed E-state index contributed by atoms with van der Waals surface area (Å²) >= 11 is 0. The van der Waals surface area contributed by atoms with Gasteiger partial charge in [0.1, 0.15) is 5.60 Å². The average molecular weight is 309 g/mol. The van der Waals surface area contributed by atoms with Crippen molar-refractivity contribution in [3.63, 3.8) is 0 Å². The molecule has 0 aliphatic carbocycles. The summed E-state index contributed by atoms with van der Waals surface area (Å²) in [5, 5.41) is 11.8. The summed E-state index contributed by atoms with van der Waals surface area (Å²) in [5.41, 5.74) is 1.06. The fraction of sp³-hybridized carbons (Fsp3) is 0.429. The molecule has 0 amide bonds. The zero-order valence-corrected chi connectivity index (χ0v) is 14.0. The van der Waals surface area contributed by atoms with Crippen LogP contribution in [0.4, 0.5) is 0 Å². The molecule has 1 atom stereocenters. The smallest absolute Gasteiger partial charge is 0.119 e. The Morgan fingerprint density at radius 1 is 0.913 bits per heavy atom. The van der Waals surface area contributed by atoms with E-state index in [0.717, 1.165) is 37.2 Å². The van der Waals surface area contributed by atoms with E-state index in [1.54, 1.807) is 0 Å². The highest BCUT2D eigenvalue weighted by Crippen LogP contribution is 2.39. The second-order valence-corrected chi connectivity index (χ2v) is 6.61. The van der Waals surface area contributed by atoms with E-state index >= 15 is 0 Å². The van der Waals surface area contributed by atoms with Crippen molar-refractivity contribution in [1.29, 1.82) is 0 Å². The summed E-state index contributed by atoms with van der Waals surface area (Å²) in [4.78, 5) is 2.50. The highest BCUT2D eigenvalue weighted by atomic mass is 16.3. The Balaban J connectivity index is 1.99. The van der Waals surface area contributed by atoms with Gasteiger partial charge < -0.3 is 10.0 Å². The number of benzene rings is 2. The molecule has 23 heavy (non-hydrogen) atoms. The van der Waals surface area contributed by atoms with Crippen LogP contribution in [-0.2, 0) is 5.60 Å². The summed E-state index contributed by atoms with van der Waals surface area (Å²) in [6.07, 6.45) is 3.52. The molecule has 1 fully saturated rings. The molecule has 1 aliphatic rings. The quantitative estimate of drug-likeness (QED) is 0.870. The first-order valence-electron chi connectivity index (χ1n) is 8.81. The maximum Gasteiger partial charge on any atom is 0.119 e. The molecule has 1 heterocycles. The van der Waals surface area contributed by atoms with Crippen molar-refractivity contribution in [1.82, 2.24) is 4.90 Å².